The van der Waals surface area contributed by atoms with Crippen LogP contribution in [-0.2, 0) is 4.74 Å². The highest BCUT2D eigenvalue weighted by atomic mass is 35.5. The summed E-state index contributed by atoms with van der Waals surface area (Å²) in [6, 6.07) is 4.27. The molecule has 6 nitrogen and oxygen atoms in total. The molecule has 23 heavy (non-hydrogen) atoms. The van der Waals surface area contributed by atoms with Crippen LogP contribution in [0.1, 0.15) is 42.5 Å². The average molecular weight is 340 g/mol. The minimum absolute atomic E-state index is 0.215. The molecule has 1 aromatic rings. The standard InChI is InChI=1S/C16H22ClN3O3/c17-14-10-11(6-7-13(14)15(18)21)20-16(22)19-8-2-1-4-12-5-3-9-23-12/h6-7,10,12H,1-5,8-9H2,(H2,18,21)(H2,19,20,22)/t12-/m1/s1. The van der Waals surface area contributed by atoms with E-state index >= 15 is 0 Å². The van der Waals surface area contributed by atoms with Crippen LogP contribution in [0.15, 0.2) is 18.2 Å². The molecule has 0 saturated carbocycles. The molecular weight excluding hydrogens is 318 g/mol. The summed E-state index contributed by atoms with van der Waals surface area (Å²) in [5.41, 5.74) is 5.91. The first kappa shape index (κ1) is 17.6. The number of hydrogen-bond donors (Lipinski definition) is 3. The van der Waals surface area contributed by atoms with Crippen LogP contribution in [0, 0.1) is 0 Å². The van der Waals surface area contributed by atoms with Crippen LogP contribution in [-0.4, -0.2) is 31.2 Å². The van der Waals surface area contributed by atoms with E-state index in [4.69, 9.17) is 22.1 Å². The number of hydrogen-bond acceptors (Lipinski definition) is 3. The molecular formula is C16H22ClN3O3. The predicted octanol–water partition coefficient (Wildman–Crippen LogP) is 2.91. The minimum atomic E-state index is -0.600. The lowest BCUT2D eigenvalue weighted by molar-refractivity contribution is 0.0999. The van der Waals surface area contributed by atoms with Gasteiger partial charge in [-0.15, -0.1) is 0 Å². The lowest BCUT2D eigenvalue weighted by atomic mass is 10.1. The Labute approximate surface area is 140 Å². The van der Waals surface area contributed by atoms with E-state index in [1.807, 2.05) is 0 Å². The molecule has 126 valence electrons. The molecule has 3 amide bonds. The van der Waals surface area contributed by atoms with Crippen LogP contribution in [0.3, 0.4) is 0 Å². The van der Waals surface area contributed by atoms with Gasteiger partial charge in [0.05, 0.1) is 16.7 Å². The summed E-state index contributed by atoms with van der Waals surface area (Å²) in [6.07, 6.45) is 5.69. The number of nitrogens with one attached hydrogen (secondary N) is 2. The second-order valence-corrected chi connectivity index (χ2v) is 5.98. The van der Waals surface area contributed by atoms with Crippen molar-refractivity contribution in [3.63, 3.8) is 0 Å². The number of ether oxygens (including phenoxy) is 1. The van der Waals surface area contributed by atoms with E-state index in [-0.39, 0.29) is 16.6 Å². The van der Waals surface area contributed by atoms with Gasteiger partial charge in [-0.25, -0.2) is 4.79 Å². The summed E-state index contributed by atoms with van der Waals surface area (Å²) in [6.45, 7) is 1.48. The number of carbonyl (C=O) groups is 2. The molecule has 1 aromatic carbocycles. The molecule has 0 radical (unpaired) electrons. The maximum atomic E-state index is 11.8. The molecule has 1 fully saturated rings. The molecule has 1 aliphatic rings. The topological polar surface area (TPSA) is 93.5 Å². The molecule has 0 unspecified atom stereocenters. The number of anilines is 1. The van der Waals surface area contributed by atoms with Gasteiger partial charge in [-0.1, -0.05) is 11.6 Å². The molecule has 1 saturated heterocycles. The lowest BCUT2D eigenvalue weighted by Gasteiger charge is -2.10. The number of unbranched alkanes of at least 4 members (excludes halogenated alkanes) is 1. The molecule has 4 N–H and O–H groups in total. The molecule has 0 spiro atoms. The van der Waals surface area contributed by atoms with Gasteiger partial charge in [0.25, 0.3) is 0 Å². The Balaban J connectivity index is 1.66. The summed E-state index contributed by atoms with van der Waals surface area (Å²) >= 11 is 5.93. The highest BCUT2D eigenvalue weighted by Gasteiger charge is 2.14. The van der Waals surface area contributed by atoms with Crippen LogP contribution >= 0.6 is 11.6 Å². The zero-order chi connectivity index (χ0) is 16.7. The van der Waals surface area contributed by atoms with Gasteiger partial charge in [-0.2, -0.15) is 0 Å². The van der Waals surface area contributed by atoms with Crippen LogP contribution in [0.5, 0.6) is 0 Å². The number of rotatable bonds is 7. The Hall–Kier alpha value is -1.79. The van der Waals surface area contributed by atoms with E-state index < -0.39 is 5.91 Å². The maximum absolute atomic E-state index is 11.8. The highest BCUT2D eigenvalue weighted by molar-refractivity contribution is 6.34. The number of amides is 3. The average Bonchev–Trinajstić information content (AvgIpc) is 3.00. The molecule has 0 aliphatic carbocycles. The van der Waals surface area contributed by atoms with Gasteiger partial charge in [0, 0.05) is 18.8 Å². The van der Waals surface area contributed by atoms with E-state index in [9.17, 15) is 9.59 Å². The fourth-order valence-electron chi connectivity index (χ4n) is 2.54. The minimum Gasteiger partial charge on any atom is -0.378 e. The number of benzene rings is 1. The molecule has 1 atom stereocenters. The van der Waals surface area contributed by atoms with Crippen LogP contribution in [0.2, 0.25) is 5.02 Å². The predicted molar refractivity (Wildman–Crippen MR) is 89.8 cm³/mol. The summed E-state index contributed by atoms with van der Waals surface area (Å²) < 4.78 is 5.55. The third-order valence-electron chi connectivity index (χ3n) is 3.75. The quantitative estimate of drug-likeness (QED) is 0.667. The zero-order valence-electron chi connectivity index (χ0n) is 12.9. The van der Waals surface area contributed by atoms with Crippen LogP contribution in [0.25, 0.3) is 0 Å². The Kier molecular flexibility index (Phi) is 6.67. The summed E-state index contributed by atoms with van der Waals surface area (Å²) in [5, 5.41) is 5.67. The number of halogens is 1. The number of carbonyl (C=O) groups excluding carboxylic acids is 2. The van der Waals surface area contributed by atoms with Gasteiger partial charge < -0.3 is 21.1 Å². The van der Waals surface area contributed by atoms with Gasteiger partial charge in [0.2, 0.25) is 5.91 Å². The molecule has 7 heteroatoms. The zero-order valence-corrected chi connectivity index (χ0v) is 13.7. The van der Waals surface area contributed by atoms with E-state index in [0.29, 0.717) is 18.3 Å². The van der Waals surface area contributed by atoms with Crippen molar-refractivity contribution in [1.82, 2.24) is 5.32 Å². The van der Waals surface area contributed by atoms with Crippen molar-refractivity contribution in [2.75, 3.05) is 18.5 Å². The summed E-state index contributed by atoms with van der Waals surface area (Å²) in [7, 11) is 0. The number of urea groups is 1. The second kappa shape index (κ2) is 8.74. The molecule has 0 aromatic heterocycles. The van der Waals surface area contributed by atoms with Crippen LogP contribution in [0.4, 0.5) is 10.5 Å². The smallest absolute Gasteiger partial charge is 0.319 e. The van der Waals surface area contributed by atoms with Crippen molar-refractivity contribution >= 4 is 29.2 Å². The fraction of sp³-hybridized carbons (Fsp3) is 0.500. The maximum Gasteiger partial charge on any atom is 0.319 e. The first-order chi connectivity index (χ1) is 11.1. The summed E-state index contributed by atoms with van der Waals surface area (Å²) in [5.74, 6) is -0.600. The molecule has 0 bridgehead atoms. The first-order valence-electron chi connectivity index (χ1n) is 7.82. The van der Waals surface area contributed by atoms with E-state index in [0.717, 1.165) is 38.7 Å². The van der Waals surface area contributed by atoms with Crippen molar-refractivity contribution in [3.8, 4) is 0 Å². The van der Waals surface area contributed by atoms with Gasteiger partial charge in [-0.3, -0.25) is 4.79 Å². The third kappa shape index (κ3) is 5.73. The molecule has 1 heterocycles. The van der Waals surface area contributed by atoms with Crippen molar-refractivity contribution in [2.24, 2.45) is 5.73 Å². The molecule has 2 rings (SSSR count). The van der Waals surface area contributed by atoms with Gasteiger partial charge in [0.1, 0.15) is 0 Å². The Morgan fingerprint density at radius 3 is 2.83 bits per heavy atom. The van der Waals surface area contributed by atoms with Crippen molar-refractivity contribution in [2.45, 2.75) is 38.2 Å². The van der Waals surface area contributed by atoms with Crippen molar-refractivity contribution in [3.05, 3.63) is 28.8 Å². The monoisotopic (exact) mass is 339 g/mol. The number of primary amides is 1. The largest absolute Gasteiger partial charge is 0.378 e. The van der Waals surface area contributed by atoms with Gasteiger partial charge in [-0.05, 0) is 50.3 Å². The van der Waals surface area contributed by atoms with Crippen molar-refractivity contribution < 1.29 is 14.3 Å². The Bertz CT molecular complexity index is 560. The third-order valence-corrected chi connectivity index (χ3v) is 4.07. The van der Waals surface area contributed by atoms with Gasteiger partial charge in [0.15, 0.2) is 0 Å². The highest BCUT2D eigenvalue weighted by Crippen LogP contribution is 2.20. The SMILES string of the molecule is NC(=O)c1ccc(NC(=O)NCCCC[C@@H]2CCCO2)cc1Cl. The Morgan fingerprint density at radius 2 is 2.17 bits per heavy atom. The number of nitrogens with two attached hydrogens (primary N) is 1. The first-order valence-corrected chi connectivity index (χ1v) is 8.20. The van der Waals surface area contributed by atoms with Crippen LogP contribution < -0.4 is 16.4 Å². The van der Waals surface area contributed by atoms with Gasteiger partial charge >= 0.3 is 6.03 Å². The lowest BCUT2D eigenvalue weighted by Crippen LogP contribution is -2.29. The normalized spacial score (nSPS) is 17.0. The summed E-state index contributed by atoms with van der Waals surface area (Å²) in [4.78, 5) is 22.9. The van der Waals surface area contributed by atoms with Crippen molar-refractivity contribution in [1.29, 1.82) is 0 Å². The van der Waals surface area contributed by atoms with E-state index in [2.05, 4.69) is 10.6 Å². The second-order valence-electron chi connectivity index (χ2n) is 5.57. The molecule has 1 aliphatic heterocycles. The van der Waals surface area contributed by atoms with E-state index in [1.165, 1.54) is 12.1 Å². The van der Waals surface area contributed by atoms with E-state index in [1.54, 1.807) is 6.07 Å². The Morgan fingerprint density at radius 1 is 1.35 bits per heavy atom. The fourth-order valence-corrected chi connectivity index (χ4v) is 2.81.